The van der Waals surface area contributed by atoms with Crippen LogP contribution in [0.25, 0.3) is 0 Å². The molecule has 4 rings (SSSR count). The second-order valence-corrected chi connectivity index (χ2v) is 8.29. The van der Waals surface area contributed by atoms with E-state index in [2.05, 4.69) is 20.6 Å². The SMILES string of the molecule is O=C(Nc1ccc(Cl)cn1)c1ncccc1NC(=O)C1CCC(N2CCOCC2=O)CC1. The van der Waals surface area contributed by atoms with E-state index in [-0.39, 0.29) is 36.1 Å². The molecule has 168 valence electrons. The molecule has 0 bridgehead atoms. The van der Waals surface area contributed by atoms with Crippen molar-refractivity contribution in [3.8, 4) is 0 Å². The van der Waals surface area contributed by atoms with E-state index in [0.29, 0.717) is 42.5 Å². The summed E-state index contributed by atoms with van der Waals surface area (Å²) in [5, 5.41) is 5.97. The summed E-state index contributed by atoms with van der Waals surface area (Å²) in [6.45, 7) is 1.30. The highest BCUT2D eigenvalue weighted by Gasteiger charge is 2.33. The van der Waals surface area contributed by atoms with Crippen molar-refractivity contribution in [3.05, 3.63) is 47.4 Å². The first-order valence-corrected chi connectivity index (χ1v) is 10.9. The molecule has 1 saturated heterocycles. The third kappa shape index (κ3) is 5.23. The van der Waals surface area contributed by atoms with Gasteiger partial charge in [0, 0.05) is 30.9 Å². The Bertz CT molecular complexity index is 992. The quantitative estimate of drug-likeness (QED) is 0.713. The lowest BCUT2D eigenvalue weighted by Crippen LogP contribution is -2.49. The molecule has 32 heavy (non-hydrogen) atoms. The maximum atomic E-state index is 12.9. The van der Waals surface area contributed by atoms with Gasteiger partial charge in [-0.15, -0.1) is 0 Å². The number of carbonyl (C=O) groups excluding carboxylic acids is 3. The number of carbonyl (C=O) groups is 3. The summed E-state index contributed by atoms with van der Waals surface area (Å²) in [6.07, 6.45) is 5.82. The van der Waals surface area contributed by atoms with Crippen molar-refractivity contribution in [2.45, 2.75) is 31.7 Å². The lowest BCUT2D eigenvalue weighted by Gasteiger charge is -2.38. The minimum absolute atomic E-state index is 0.0188. The van der Waals surface area contributed by atoms with Gasteiger partial charge in [0.15, 0.2) is 5.69 Å². The van der Waals surface area contributed by atoms with Crippen LogP contribution in [-0.4, -0.2) is 58.4 Å². The molecule has 3 heterocycles. The van der Waals surface area contributed by atoms with Gasteiger partial charge in [0.1, 0.15) is 12.4 Å². The molecule has 0 unspecified atom stereocenters. The lowest BCUT2D eigenvalue weighted by atomic mass is 9.84. The number of morpholine rings is 1. The first kappa shape index (κ1) is 22.2. The molecule has 2 aromatic heterocycles. The number of halogens is 1. The zero-order valence-electron chi connectivity index (χ0n) is 17.4. The molecule has 10 heteroatoms. The second kappa shape index (κ2) is 10.1. The van der Waals surface area contributed by atoms with Crippen LogP contribution in [0, 0.1) is 5.92 Å². The number of amides is 3. The van der Waals surface area contributed by atoms with Crippen molar-refractivity contribution in [1.82, 2.24) is 14.9 Å². The van der Waals surface area contributed by atoms with Gasteiger partial charge in [0.2, 0.25) is 11.8 Å². The third-order valence-electron chi connectivity index (χ3n) is 5.78. The first-order chi connectivity index (χ1) is 15.5. The average Bonchev–Trinajstić information content (AvgIpc) is 2.81. The molecule has 1 aliphatic carbocycles. The van der Waals surface area contributed by atoms with Crippen molar-refractivity contribution in [2.24, 2.45) is 5.92 Å². The van der Waals surface area contributed by atoms with E-state index < -0.39 is 5.91 Å². The normalized spacial score (nSPS) is 21.2. The number of rotatable bonds is 5. The Labute approximate surface area is 190 Å². The highest BCUT2D eigenvalue weighted by atomic mass is 35.5. The summed E-state index contributed by atoms with van der Waals surface area (Å²) >= 11 is 5.82. The molecule has 2 aromatic rings. The zero-order valence-corrected chi connectivity index (χ0v) is 18.2. The Morgan fingerprint density at radius 1 is 1.09 bits per heavy atom. The molecule has 1 saturated carbocycles. The summed E-state index contributed by atoms with van der Waals surface area (Å²) in [5.41, 5.74) is 0.444. The van der Waals surface area contributed by atoms with E-state index in [1.165, 1.54) is 12.4 Å². The summed E-state index contributed by atoms with van der Waals surface area (Å²) < 4.78 is 5.20. The molecule has 0 atom stereocenters. The van der Waals surface area contributed by atoms with Gasteiger partial charge in [0.05, 0.1) is 17.3 Å². The summed E-state index contributed by atoms with van der Waals surface area (Å²) in [5.74, 6) is -0.464. The number of hydrogen-bond acceptors (Lipinski definition) is 6. The second-order valence-electron chi connectivity index (χ2n) is 7.85. The van der Waals surface area contributed by atoms with Crippen LogP contribution in [0.2, 0.25) is 5.02 Å². The Hall–Kier alpha value is -3.04. The molecule has 0 aromatic carbocycles. The van der Waals surface area contributed by atoms with E-state index in [4.69, 9.17) is 16.3 Å². The van der Waals surface area contributed by atoms with Gasteiger partial charge < -0.3 is 20.3 Å². The molecule has 2 fully saturated rings. The molecular weight excluding hydrogens is 434 g/mol. The molecule has 3 amide bonds. The summed E-state index contributed by atoms with van der Waals surface area (Å²) in [4.78, 5) is 47.7. The van der Waals surface area contributed by atoms with E-state index in [1.54, 1.807) is 24.3 Å². The van der Waals surface area contributed by atoms with Crippen LogP contribution < -0.4 is 10.6 Å². The van der Waals surface area contributed by atoms with Crippen molar-refractivity contribution in [2.75, 3.05) is 30.4 Å². The molecule has 2 aliphatic rings. The van der Waals surface area contributed by atoms with Gasteiger partial charge in [-0.3, -0.25) is 14.4 Å². The van der Waals surface area contributed by atoms with Crippen LogP contribution in [0.1, 0.15) is 36.2 Å². The van der Waals surface area contributed by atoms with E-state index in [0.717, 1.165) is 12.8 Å². The molecule has 9 nitrogen and oxygen atoms in total. The summed E-state index contributed by atoms with van der Waals surface area (Å²) in [6, 6.07) is 6.66. The maximum absolute atomic E-state index is 12.9. The number of pyridine rings is 2. The highest BCUT2D eigenvalue weighted by molar-refractivity contribution is 6.30. The van der Waals surface area contributed by atoms with E-state index >= 15 is 0 Å². The minimum Gasteiger partial charge on any atom is -0.370 e. The standard InChI is InChI=1S/C22H24ClN5O4/c23-15-5-8-18(25-12-15)27-22(31)20-17(2-1-9-24-20)26-21(30)14-3-6-16(7-4-14)28-10-11-32-13-19(28)29/h1-2,5,8-9,12,14,16H,3-4,6-7,10-11,13H2,(H,26,30)(H,25,27,31). The van der Waals surface area contributed by atoms with Crippen LogP contribution >= 0.6 is 11.6 Å². The fourth-order valence-electron chi connectivity index (χ4n) is 4.11. The predicted molar refractivity (Wildman–Crippen MR) is 118 cm³/mol. The van der Waals surface area contributed by atoms with Gasteiger partial charge in [-0.05, 0) is 49.9 Å². The van der Waals surface area contributed by atoms with Gasteiger partial charge in [-0.25, -0.2) is 9.97 Å². The van der Waals surface area contributed by atoms with Crippen molar-refractivity contribution < 1.29 is 19.1 Å². The van der Waals surface area contributed by atoms with Gasteiger partial charge in [0.25, 0.3) is 5.91 Å². The topological polar surface area (TPSA) is 114 Å². The Balaban J connectivity index is 1.36. The Morgan fingerprint density at radius 3 is 2.62 bits per heavy atom. The van der Waals surface area contributed by atoms with Gasteiger partial charge in [-0.1, -0.05) is 11.6 Å². The number of nitrogens with one attached hydrogen (secondary N) is 2. The highest BCUT2D eigenvalue weighted by Crippen LogP contribution is 2.29. The molecular formula is C22H24ClN5O4. The van der Waals surface area contributed by atoms with Gasteiger partial charge in [-0.2, -0.15) is 0 Å². The van der Waals surface area contributed by atoms with E-state index in [1.807, 2.05) is 4.90 Å². The predicted octanol–water partition coefficient (Wildman–Crippen LogP) is 2.74. The maximum Gasteiger partial charge on any atom is 0.277 e. The molecule has 1 aliphatic heterocycles. The van der Waals surface area contributed by atoms with Crippen molar-refractivity contribution >= 4 is 40.8 Å². The molecule has 0 radical (unpaired) electrons. The third-order valence-corrected chi connectivity index (χ3v) is 6.00. The largest absolute Gasteiger partial charge is 0.370 e. The van der Waals surface area contributed by atoms with E-state index in [9.17, 15) is 14.4 Å². The summed E-state index contributed by atoms with van der Waals surface area (Å²) in [7, 11) is 0. The Morgan fingerprint density at radius 2 is 1.91 bits per heavy atom. The van der Waals surface area contributed by atoms with Crippen LogP contribution in [0.3, 0.4) is 0 Å². The number of nitrogens with zero attached hydrogens (tertiary/aromatic N) is 3. The fourth-order valence-corrected chi connectivity index (χ4v) is 4.22. The van der Waals surface area contributed by atoms with Crippen molar-refractivity contribution in [3.63, 3.8) is 0 Å². The minimum atomic E-state index is -0.481. The fraction of sp³-hybridized carbons (Fsp3) is 0.409. The first-order valence-electron chi connectivity index (χ1n) is 10.6. The number of anilines is 2. The van der Waals surface area contributed by atoms with Crippen LogP contribution in [0.4, 0.5) is 11.5 Å². The zero-order chi connectivity index (χ0) is 22.5. The van der Waals surface area contributed by atoms with Gasteiger partial charge >= 0.3 is 0 Å². The van der Waals surface area contributed by atoms with Crippen LogP contribution in [0.5, 0.6) is 0 Å². The monoisotopic (exact) mass is 457 g/mol. The van der Waals surface area contributed by atoms with Crippen LogP contribution in [-0.2, 0) is 14.3 Å². The molecule has 0 spiro atoms. The van der Waals surface area contributed by atoms with Crippen molar-refractivity contribution in [1.29, 1.82) is 0 Å². The smallest absolute Gasteiger partial charge is 0.277 e. The number of hydrogen-bond donors (Lipinski definition) is 2. The number of ether oxygens (including phenoxy) is 1. The van der Waals surface area contributed by atoms with Crippen LogP contribution in [0.15, 0.2) is 36.7 Å². The Kier molecular flexibility index (Phi) is 6.96. The number of aromatic nitrogens is 2. The molecule has 2 N–H and O–H groups in total. The lowest BCUT2D eigenvalue weighted by molar-refractivity contribution is -0.146. The average molecular weight is 458 g/mol.